The lowest BCUT2D eigenvalue weighted by molar-refractivity contribution is 0.00652. The van der Waals surface area contributed by atoms with Gasteiger partial charge in [0, 0.05) is 19.6 Å². The molecule has 0 bridgehead atoms. The SMILES string of the molecule is CCNCC1(CN2CCC(C)C(O)C2)CCCCCC1. The van der Waals surface area contributed by atoms with E-state index >= 15 is 0 Å². The van der Waals surface area contributed by atoms with E-state index in [4.69, 9.17) is 0 Å². The van der Waals surface area contributed by atoms with E-state index in [9.17, 15) is 5.11 Å². The topological polar surface area (TPSA) is 35.5 Å². The monoisotopic (exact) mass is 282 g/mol. The Labute approximate surface area is 125 Å². The second kappa shape index (κ2) is 7.77. The second-order valence-corrected chi connectivity index (χ2v) is 7.26. The summed E-state index contributed by atoms with van der Waals surface area (Å²) in [4.78, 5) is 2.54. The van der Waals surface area contributed by atoms with Crippen LogP contribution in [0.25, 0.3) is 0 Å². The Kier molecular flexibility index (Phi) is 6.31. The Balaban J connectivity index is 1.95. The minimum atomic E-state index is -0.120. The maximum absolute atomic E-state index is 10.1. The lowest BCUT2D eigenvalue weighted by atomic mass is 9.79. The van der Waals surface area contributed by atoms with E-state index in [0.29, 0.717) is 11.3 Å². The van der Waals surface area contributed by atoms with Crippen LogP contribution in [0.4, 0.5) is 0 Å². The zero-order valence-corrected chi connectivity index (χ0v) is 13.5. The highest BCUT2D eigenvalue weighted by atomic mass is 16.3. The van der Waals surface area contributed by atoms with Gasteiger partial charge in [-0.2, -0.15) is 0 Å². The molecule has 0 aromatic carbocycles. The summed E-state index contributed by atoms with van der Waals surface area (Å²) in [7, 11) is 0. The first-order valence-corrected chi connectivity index (χ1v) is 8.76. The van der Waals surface area contributed by atoms with E-state index in [1.54, 1.807) is 0 Å². The highest BCUT2D eigenvalue weighted by Crippen LogP contribution is 2.36. The third-order valence-corrected chi connectivity index (χ3v) is 5.48. The molecule has 0 radical (unpaired) electrons. The van der Waals surface area contributed by atoms with Gasteiger partial charge in [0.1, 0.15) is 0 Å². The van der Waals surface area contributed by atoms with Crippen LogP contribution in [-0.4, -0.2) is 48.8 Å². The fraction of sp³-hybridized carbons (Fsp3) is 1.00. The molecule has 1 saturated carbocycles. The van der Waals surface area contributed by atoms with Crippen molar-refractivity contribution >= 4 is 0 Å². The average Bonchev–Trinajstić information content (AvgIpc) is 2.67. The zero-order valence-electron chi connectivity index (χ0n) is 13.5. The standard InChI is InChI=1S/C17H34N2O/c1-3-18-13-17(9-6-4-5-7-10-17)14-19-11-8-15(2)16(20)12-19/h15-16,18,20H,3-14H2,1-2H3. The van der Waals surface area contributed by atoms with Gasteiger partial charge in [-0.3, -0.25) is 0 Å². The number of hydrogen-bond donors (Lipinski definition) is 2. The highest BCUT2D eigenvalue weighted by molar-refractivity contribution is 4.89. The molecule has 2 atom stereocenters. The van der Waals surface area contributed by atoms with Crippen LogP contribution in [0.5, 0.6) is 0 Å². The number of nitrogens with one attached hydrogen (secondary N) is 1. The number of β-amino-alcohol motifs (C(OH)–C–C–N with tert-alkyl or cyclic N) is 1. The van der Waals surface area contributed by atoms with Crippen molar-refractivity contribution in [3.63, 3.8) is 0 Å². The lowest BCUT2D eigenvalue weighted by Gasteiger charge is -2.42. The summed E-state index contributed by atoms with van der Waals surface area (Å²) < 4.78 is 0. The maximum atomic E-state index is 10.1. The van der Waals surface area contributed by atoms with E-state index in [2.05, 4.69) is 24.1 Å². The fourth-order valence-corrected chi connectivity index (χ4v) is 3.99. The molecule has 3 heteroatoms. The predicted octanol–water partition coefficient (Wildman–Crippen LogP) is 2.64. The second-order valence-electron chi connectivity index (χ2n) is 7.26. The van der Waals surface area contributed by atoms with Crippen LogP contribution < -0.4 is 5.32 Å². The minimum absolute atomic E-state index is 0.120. The van der Waals surface area contributed by atoms with Crippen LogP contribution in [0.3, 0.4) is 0 Å². The van der Waals surface area contributed by atoms with Gasteiger partial charge < -0.3 is 15.3 Å². The molecule has 1 saturated heterocycles. The van der Waals surface area contributed by atoms with E-state index in [0.717, 1.165) is 26.1 Å². The Hall–Kier alpha value is -0.120. The zero-order chi connectivity index (χ0) is 14.4. The summed E-state index contributed by atoms with van der Waals surface area (Å²) in [5.74, 6) is 0.477. The number of aliphatic hydroxyl groups is 1. The van der Waals surface area contributed by atoms with Gasteiger partial charge in [0.05, 0.1) is 6.10 Å². The van der Waals surface area contributed by atoms with Crippen molar-refractivity contribution in [3.8, 4) is 0 Å². The number of piperidine rings is 1. The predicted molar refractivity (Wildman–Crippen MR) is 84.9 cm³/mol. The Morgan fingerprint density at radius 3 is 2.50 bits per heavy atom. The van der Waals surface area contributed by atoms with Crippen LogP contribution in [-0.2, 0) is 0 Å². The third kappa shape index (κ3) is 4.44. The number of hydrogen-bond acceptors (Lipinski definition) is 3. The number of rotatable bonds is 5. The van der Waals surface area contributed by atoms with Crippen molar-refractivity contribution in [2.24, 2.45) is 11.3 Å². The van der Waals surface area contributed by atoms with Gasteiger partial charge in [-0.25, -0.2) is 0 Å². The van der Waals surface area contributed by atoms with Gasteiger partial charge >= 0.3 is 0 Å². The van der Waals surface area contributed by atoms with E-state index < -0.39 is 0 Å². The van der Waals surface area contributed by atoms with Gasteiger partial charge in [0.25, 0.3) is 0 Å². The van der Waals surface area contributed by atoms with E-state index in [1.807, 2.05) is 0 Å². The molecular weight excluding hydrogens is 248 g/mol. The molecule has 20 heavy (non-hydrogen) atoms. The molecule has 2 rings (SSSR count). The molecule has 3 nitrogen and oxygen atoms in total. The molecule has 1 aliphatic carbocycles. The summed E-state index contributed by atoms with van der Waals surface area (Å²) in [6, 6.07) is 0. The van der Waals surface area contributed by atoms with Crippen molar-refractivity contribution in [2.75, 3.05) is 32.7 Å². The summed E-state index contributed by atoms with van der Waals surface area (Å²) in [6.45, 7) is 9.86. The molecule has 1 heterocycles. The minimum Gasteiger partial charge on any atom is -0.392 e. The fourth-order valence-electron chi connectivity index (χ4n) is 3.99. The van der Waals surface area contributed by atoms with E-state index in [-0.39, 0.29) is 6.10 Å². The molecule has 118 valence electrons. The number of likely N-dealkylation sites (tertiary alicyclic amines) is 1. The largest absolute Gasteiger partial charge is 0.392 e. The van der Waals surface area contributed by atoms with Crippen molar-refractivity contribution in [1.82, 2.24) is 10.2 Å². The Bertz CT molecular complexity index is 274. The van der Waals surface area contributed by atoms with Crippen molar-refractivity contribution in [1.29, 1.82) is 0 Å². The lowest BCUT2D eigenvalue weighted by Crippen LogP contribution is -2.50. The summed E-state index contributed by atoms with van der Waals surface area (Å²) in [6.07, 6.45) is 9.35. The van der Waals surface area contributed by atoms with Gasteiger partial charge in [-0.15, -0.1) is 0 Å². The number of aliphatic hydroxyl groups excluding tert-OH is 1. The first-order valence-electron chi connectivity index (χ1n) is 8.76. The molecule has 0 amide bonds. The van der Waals surface area contributed by atoms with Gasteiger partial charge in [0.15, 0.2) is 0 Å². The number of nitrogens with zero attached hydrogens (tertiary/aromatic N) is 1. The van der Waals surface area contributed by atoms with Crippen LogP contribution >= 0.6 is 0 Å². The maximum Gasteiger partial charge on any atom is 0.0693 e. The smallest absolute Gasteiger partial charge is 0.0693 e. The van der Waals surface area contributed by atoms with Crippen LogP contribution in [0, 0.1) is 11.3 Å². The first kappa shape index (κ1) is 16.3. The Morgan fingerprint density at radius 1 is 1.20 bits per heavy atom. The molecule has 2 aliphatic rings. The molecule has 2 unspecified atom stereocenters. The van der Waals surface area contributed by atoms with Crippen molar-refractivity contribution in [3.05, 3.63) is 0 Å². The van der Waals surface area contributed by atoms with Crippen molar-refractivity contribution in [2.45, 2.75) is 64.9 Å². The quantitative estimate of drug-likeness (QED) is 0.761. The van der Waals surface area contributed by atoms with Gasteiger partial charge in [0.2, 0.25) is 0 Å². The molecule has 2 N–H and O–H groups in total. The van der Waals surface area contributed by atoms with E-state index in [1.165, 1.54) is 51.6 Å². The van der Waals surface area contributed by atoms with Crippen molar-refractivity contribution < 1.29 is 5.11 Å². The molecule has 0 aromatic heterocycles. The average molecular weight is 282 g/mol. The Morgan fingerprint density at radius 2 is 1.90 bits per heavy atom. The first-order chi connectivity index (χ1) is 9.65. The molecule has 0 spiro atoms. The summed E-state index contributed by atoms with van der Waals surface area (Å²) in [5.41, 5.74) is 0.451. The van der Waals surface area contributed by atoms with Gasteiger partial charge in [-0.1, -0.05) is 39.5 Å². The summed E-state index contributed by atoms with van der Waals surface area (Å²) >= 11 is 0. The summed E-state index contributed by atoms with van der Waals surface area (Å²) in [5, 5.41) is 13.7. The third-order valence-electron chi connectivity index (χ3n) is 5.48. The van der Waals surface area contributed by atoms with Crippen LogP contribution in [0.1, 0.15) is 58.8 Å². The highest BCUT2D eigenvalue weighted by Gasteiger charge is 2.34. The van der Waals surface area contributed by atoms with Crippen LogP contribution in [0.15, 0.2) is 0 Å². The molecule has 1 aliphatic heterocycles. The molecule has 2 fully saturated rings. The normalized spacial score (nSPS) is 31.9. The van der Waals surface area contributed by atoms with Gasteiger partial charge in [-0.05, 0) is 43.7 Å². The molecular formula is C17H34N2O. The molecule has 0 aromatic rings. The van der Waals surface area contributed by atoms with Crippen LogP contribution in [0.2, 0.25) is 0 Å².